The van der Waals surface area contributed by atoms with Crippen LogP contribution in [0.3, 0.4) is 0 Å². The first-order chi connectivity index (χ1) is 8.28. The molecular weight excluding hydrogens is 285 g/mol. The topological polar surface area (TPSA) is 12.4 Å². The van der Waals surface area contributed by atoms with Crippen LogP contribution in [0, 0.1) is 0 Å². The molecule has 0 aliphatic carbocycles. The van der Waals surface area contributed by atoms with Crippen LogP contribution in [-0.2, 0) is 0 Å². The molecule has 0 fully saturated rings. The Morgan fingerprint density at radius 2 is 1.50 bits per heavy atom. The molecule has 0 bridgehead atoms. The van der Waals surface area contributed by atoms with Crippen LogP contribution in [0.1, 0.15) is 47.1 Å². The molecule has 0 aliphatic rings. The van der Waals surface area contributed by atoms with Gasteiger partial charge in [-0.25, -0.2) is 4.40 Å². The van der Waals surface area contributed by atoms with Crippen LogP contribution < -0.4 is 0 Å². The molecule has 0 N–H and O–H groups in total. The van der Waals surface area contributed by atoms with Gasteiger partial charge in [-0.2, -0.15) is 0 Å². The molecule has 0 saturated carbocycles. The van der Waals surface area contributed by atoms with E-state index in [4.69, 9.17) is 23.2 Å². The second-order valence-corrected chi connectivity index (χ2v) is 7.00. The van der Waals surface area contributed by atoms with Crippen LogP contribution in [0.5, 0.6) is 0 Å². The molecule has 0 atom stereocenters. The first-order valence-corrected chi connectivity index (χ1v) is 7.50. The predicted octanol–water partition coefficient (Wildman–Crippen LogP) is 6.28. The van der Waals surface area contributed by atoms with E-state index in [2.05, 4.69) is 25.2 Å². The van der Waals surface area contributed by atoms with Gasteiger partial charge >= 0.3 is 0 Å². The van der Waals surface area contributed by atoms with E-state index in [0.717, 1.165) is 11.3 Å². The largest absolute Gasteiger partial charge is 0.220 e. The zero-order valence-corrected chi connectivity index (χ0v) is 14.2. The maximum atomic E-state index is 5.94. The van der Waals surface area contributed by atoms with Gasteiger partial charge in [0.2, 0.25) is 0 Å². The van der Waals surface area contributed by atoms with Gasteiger partial charge in [0.1, 0.15) is 0 Å². The summed E-state index contributed by atoms with van der Waals surface area (Å²) in [6.45, 7) is 12.3. The maximum absolute atomic E-state index is 5.94. The summed E-state index contributed by atoms with van der Waals surface area (Å²) in [4.78, 5) is 0. The quantitative estimate of drug-likeness (QED) is 0.463. The highest BCUT2D eigenvalue weighted by molar-refractivity contribution is 7.99. The van der Waals surface area contributed by atoms with Crippen LogP contribution >= 0.6 is 35.1 Å². The van der Waals surface area contributed by atoms with Crippen molar-refractivity contribution in [1.29, 1.82) is 0 Å². The molecule has 0 radical (unpaired) electrons. The first-order valence-electron chi connectivity index (χ1n) is 5.97. The monoisotopic (exact) mass is 305 g/mol. The highest BCUT2D eigenvalue weighted by atomic mass is 35.5. The van der Waals surface area contributed by atoms with Gasteiger partial charge in [0.15, 0.2) is 0 Å². The average molecular weight is 306 g/mol. The molecule has 4 heteroatoms. The number of halogens is 2. The third-order valence-corrected chi connectivity index (χ3v) is 3.09. The molecule has 1 aromatic carbocycles. The van der Waals surface area contributed by atoms with Crippen molar-refractivity contribution in [3.8, 4) is 0 Å². The minimum Gasteiger partial charge on any atom is -0.220 e. The molecule has 0 amide bonds. The summed E-state index contributed by atoms with van der Waals surface area (Å²) in [5.41, 5.74) is 1.90. The molecule has 0 aromatic heterocycles. The van der Waals surface area contributed by atoms with E-state index in [1.54, 1.807) is 18.0 Å². The maximum Gasteiger partial charge on any atom is 0.0529 e. The summed E-state index contributed by atoms with van der Waals surface area (Å²) in [6, 6.07) is 5.46. The average Bonchev–Trinajstić information content (AvgIpc) is 2.26. The lowest BCUT2D eigenvalue weighted by molar-refractivity contribution is 0.804. The van der Waals surface area contributed by atoms with E-state index in [1.807, 2.05) is 32.9 Å². The summed E-state index contributed by atoms with van der Waals surface area (Å²) < 4.78 is 4.58. The third kappa shape index (κ3) is 7.30. The Balaban J connectivity index is 0.00000137. The van der Waals surface area contributed by atoms with Gasteiger partial charge in [0.25, 0.3) is 0 Å². The molecule has 0 unspecified atom stereocenters. The standard InChI is InChI=1S/C12H15Cl2NS.C2H6/c1-8(15-16-12(2,3)4)9-5-10(13)7-11(14)6-9;1-2/h5-7H,1-4H3;1-2H3/b15-8+;. The SMILES string of the molecule is C/C(=N\SC(C)(C)C)c1cc(Cl)cc(Cl)c1.CC. The van der Waals surface area contributed by atoms with E-state index in [0.29, 0.717) is 10.0 Å². The summed E-state index contributed by atoms with van der Waals surface area (Å²) in [6.07, 6.45) is 0. The van der Waals surface area contributed by atoms with Gasteiger partial charge in [0, 0.05) is 14.8 Å². The Bertz CT molecular complexity index is 388. The van der Waals surface area contributed by atoms with E-state index in [-0.39, 0.29) is 4.75 Å². The van der Waals surface area contributed by atoms with Crippen molar-refractivity contribution in [2.45, 2.75) is 46.3 Å². The van der Waals surface area contributed by atoms with Crippen LogP contribution in [0.2, 0.25) is 10.0 Å². The molecule has 0 spiro atoms. The van der Waals surface area contributed by atoms with Gasteiger partial charge in [-0.3, -0.25) is 0 Å². The number of benzene rings is 1. The highest BCUT2D eigenvalue weighted by Gasteiger charge is 2.10. The van der Waals surface area contributed by atoms with Crippen molar-refractivity contribution in [3.05, 3.63) is 33.8 Å². The fraction of sp³-hybridized carbons (Fsp3) is 0.500. The van der Waals surface area contributed by atoms with Crippen molar-refractivity contribution in [2.24, 2.45) is 4.40 Å². The van der Waals surface area contributed by atoms with Crippen LogP contribution in [0.4, 0.5) is 0 Å². The summed E-state index contributed by atoms with van der Waals surface area (Å²) in [7, 11) is 0. The lowest BCUT2D eigenvalue weighted by Crippen LogP contribution is -2.06. The van der Waals surface area contributed by atoms with Crippen molar-refractivity contribution < 1.29 is 0 Å². The normalized spacial score (nSPS) is 11.9. The van der Waals surface area contributed by atoms with E-state index < -0.39 is 0 Å². The molecule has 0 aliphatic heterocycles. The van der Waals surface area contributed by atoms with Crippen molar-refractivity contribution >= 4 is 40.9 Å². The van der Waals surface area contributed by atoms with Crippen LogP contribution in [0.15, 0.2) is 22.6 Å². The Morgan fingerprint density at radius 3 is 1.89 bits per heavy atom. The number of rotatable bonds is 2. The summed E-state index contributed by atoms with van der Waals surface area (Å²) in [5, 5.41) is 1.27. The van der Waals surface area contributed by atoms with Crippen LogP contribution in [-0.4, -0.2) is 10.5 Å². The van der Waals surface area contributed by atoms with Gasteiger partial charge < -0.3 is 0 Å². The van der Waals surface area contributed by atoms with Crippen molar-refractivity contribution in [1.82, 2.24) is 0 Å². The molecule has 18 heavy (non-hydrogen) atoms. The Hall–Kier alpha value is -0.180. The van der Waals surface area contributed by atoms with E-state index in [1.165, 1.54) is 0 Å². The minimum absolute atomic E-state index is 0.115. The van der Waals surface area contributed by atoms with Crippen molar-refractivity contribution in [2.75, 3.05) is 0 Å². The molecule has 1 aromatic rings. The molecule has 1 rings (SSSR count). The molecule has 102 valence electrons. The molecule has 0 heterocycles. The smallest absolute Gasteiger partial charge is 0.0529 e. The number of hydrogen-bond acceptors (Lipinski definition) is 2. The highest BCUT2D eigenvalue weighted by Crippen LogP contribution is 2.26. The Morgan fingerprint density at radius 1 is 1.06 bits per heavy atom. The molecule has 0 saturated heterocycles. The van der Waals surface area contributed by atoms with Gasteiger partial charge in [0.05, 0.1) is 5.71 Å². The predicted molar refractivity (Wildman–Crippen MR) is 87.4 cm³/mol. The number of nitrogens with zero attached hydrogens (tertiary/aromatic N) is 1. The molecule has 1 nitrogen and oxygen atoms in total. The second kappa shape index (κ2) is 8.08. The van der Waals surface area contributed by atoms with Crippen LogP contribution in [0.25, 0.3) is 0 Å². The second-order valence-electron chi connectivity index (χ2n) is 4.54. The Labute approximate surface area is 125 Å². The third-order valence-electron chi connectivity index (χ3n) is 1.74. The summed E-state index contributed by atoms with van der Waals surface area (Å²) >= 11 is 13.4. The fourth-order valence-corrected chi connectivity index (χ4v) is 2.06. The zero-order valence-electron chi connectivity index (χ0n) is 11.8. The zero-order chi connectivity index (χ0) is 14.3. The lowest BCUT2D eigenvalue weighted by Gasteiger charge is -2.13. The Kier molecular flexibility index (Phi) is 8.00. The minimum atomic E-state index is 0.115. The van der Waals surface area contributed by atoms with Gasteiger partial charge in [-0.05, 0) is 63.4 Å². The van der Waals surface area contributed by atoms with E-state index >= 15 is 0 Å². The first kappa shape index (κ1) is 17.8. The van der Waals surface area contributed by atoms with E-state index in [9.17, 15) is 0 Å². The molecular formula is C14H21Cl2NS. The lowest BCUT2D eigenvalue weighted by atomic mass is 10.1. The fourth-order valence-electron chi connectivity index (χ4n) is 1.02. The van der Waals surface area contributed by atoms with Gasteiger partial charge in [-0.15, -0.1) is 0 Å². The van der Waals surface area contributed by atoms with Gasteiger partial charge in [-0.1, -0.05) is 37.0 Å². The number of hydrogen-bond donors (Lipinski definition) is 0. The summed E-state index contributed by atoms with van der Waals surface area (Å²) in [5.74, 6) is 0. The van der Waals surface area contributed by atoms with Crippen molar-refractivity contribution in [3.63, 3.8) is 0 Å².